The van der Waals surface area contributed by atoms with Gasteiger partial charge in [-0.2, -0.15) is 9.78 Å². The van der Waals surface area contributed by atoms with E-state index in [-0.39, 0.29) is 5.78 Å². The summed E-state index contributed by atoms with van der Waals surface area (Å²) in [7, 11) is 0. The molecule has 0 aromatic rings. The van der Waals surface area contributed by atoms with Crippen LogP contribution >= 0.6 is 0 Å². The predicted molar refractivity (Wildman–Crippen MR) is 91.6 cm³/mol. The quantitative estimate of drug-likeness (QED) is 0.238. The van der Waals surface area contributed by atoms with Crippen LogP contribution in [-0.4, -0.2) is 16.9 Å². The van der Waals surface area contributed by atoms with Crippen molar-refractivity contribution in [1.82, 2.24) is 0 Å². The molecule has 23 heavy (non-hydrogen) atoms. The summed E-state index contributed by atoms with van der Waals surface area (Å²) in [5.74, 6) is -2.04. The van der Waals surface area contributed by atoms with Crippen molar-refractivity contribution in [2.24, 2.45) is 5.92 Å². The zero-order chi connectivity index (χ0) is 17.0. The number of rotatable bonds is 16. The van der Waals surface area contributed by atoms with Crippen LogP contribution in [0.15, 0.2) is 0 Å². The highest BCUT2D eigenvalue weighted by Crippen LogP contribution is 2.38. The molecule has 1 aliphatic heterocycles. The zero-order valence-electron chi connectivity index (χ0n) is 15.1. The van der Waals surface area contributed by atoms with Gasteiger partial charge in [0.2, 0.25) is 0 Å². The maximum Gasteiger partial charge on any atom is 0.347 e. The van der Waals surface area contributed by atoms with Gasteiger partial charge in [-0.05, 0) is 12.8 Å². The molecule has 1 heterocycles. The Labute approximate surface area is 141 Å². The number of hydrogen-bond acceptors (Lipinski definition) is 4. The zero-order valence-corrected chi connectivity index (χ0v) is 15.1. The summed E-state index contributed by atoms with van der Waals surface area (Å²) >= 11 is 0. The minimum Gasteiger partial charge on any atom is -0.339 e. The molecule has 0 aromatic carbocycles. The molecular weight excluding hydrogens is 292 g/mol. The van der Waals surface area contributed by atoms with Crippen LogP contribution in [0.3, 0.4) is 0 Å². The van der Waals surface area contributed by atoms with Crippen molar-refractivity contribution in [3.63, 3.8) is 0 Å². The molecule has 1 fully saturated rings. The molecule has 0 saturated carbocycles. The van der Waals surface area contributed by atoms with Gasteiger partial charge in [-0.3, -0.25) is 4.79 Å². The van der Waals surface area contributed by atoms with Crippen LogP contribution in [0.4, 0.5) is 0 Å². The highest BCUT2D eigenvalue weighted by Gasteiger charge is 2.56. The van der Waals surface area contributed by atoms with Crippen molar-refractivity contribution in [1.29, 1.82) is 0 Å². The summed E-state index contributed by atoms with van der Waals surface area (Å²) < 4.78 is 0. The van der Waals surface area contributed by atoms with E-state index in [2.05, 4.69) is 23.6 Å². The second kappa shape index (κ2) is 12.0. The topological polar surface area (TPSA) is 62.4 Å². The van der Waals surface area contributed by atoms with Gasteiger partial charge >= 0.3 is 5.97 Å². The molecular formula is C19H36O4. The highest BCUT2D eigenvalue weighted by molar-refractivity contribution is 5.81. The van der Waals surface area contributed by atoms with Gasteiger partial charge in [-0.15, -0.1) is 0 Å². The van der Waals surface area contributed by atoms with Crippen molar-refractivity contribution >= 4 is 5.78 Å². The fraction of sp³-hybridized carbons (Fsp3) is 0.947. The number of carbonyl (C=O) groups is 1. The van der Waals surface area contributed by atoms with E-state index in [1.807, 2.05) is 0 Å². The van der Waals surface area contributed by atoms with E-state index >= 15 is 0 Å². The molecule has 1 atom stereocenters. The van der Waals surface area contributed by atoms with E-state index in [9.17, 15) is 9.90 Å². The maximum absolute atomic E-state index is 12.3. The molecule has 0 radical (unpaired) electrons. The Kier molecular flexibility index (Phi) is 10.7. The summed E-state index contributed by atoms with van der Waals surface area (Å²) in [4.78, 5) is 21.6. The molecule has 4 heteroatoms. The Balaban J connectivity index is 2.08. The lowest BCUT2D eigenvalue weighted by Gasteiger charge is -2.15. The number of carbonyl (C=O) groups excluding carboxylic acids is 1. The highest BCUT2D eigenvalue weighted by atomic mass is 17.4. The van der Waals surface area contributed by atoms with Crippen molar-refractivity contribution in [3.05, 3.63) is 0 Å². The van der Waals surface area contributed by atoms with Crippen LogP contribution in [-0.2, 0) is 14.6 Å². The van der Waals surface area contributed by atoms with Crippen LogP contribution in [0.2, 0.25) is 0 Å². The van der Waals surface area contributed by atoms with Gasteiger partial charge in [0.25, 0.3) is 0 Å². The van der Waals surface area contributed by atoms with Crippen molar-refractivity contribution in [2.45, 2.75) is 110 Å². The van der Waals surface area contributed by atoms with Crippen LogP contribution in [0.1, 0.15) is 104 Å². The first-order valence-electron chi connectivity index (χ1n) is 9.76. The molecule has 0 aromatic heterocycles. The molecule has 0 aliphatic carbocycles. The first-order chi connectivity index (χ1) is 11.1. The van der Waals surface area contributed by atoms with Gasteiger partial charge in [0, 0.05) is 6.42 Å². The molecule has 0 bridgehead atoms. The number of Topliss-reactive ketones (excluding diaryl/α,β-unsaturated/α-hetero) is 1. The fourth-order valence-electron chi connectivity index (χ4n) is 3.09. The largest absolute Gasteiger partial charge is 0.347 e. The van der Waals surface area contributed by atoms with E-state index < -0.39 is 11.9 Å². The normalized spacial score (nSPS) is 17.2. The first-order valence-corrected chi connectivity index (χ1v) is 9.76. The van der Waals surface area contributed by atoms with Crippen LogP contribution < -0.4 is 0 Å². The van der Waals surface area contributed by atoms with Crippen molar-refractivity contribution < 1.29 is 19.7 Å². The number of hydrogen-bond donors (Lipinski definition) is 1. The van der Waals surface area contributed by atoms with Crippen molar-refractivity contribution in [3.8, 4) is 0 Å². The Hall–Kier alpha value is -0.450. The third-order valence-corrected chi connectivity index (χ3v) is 4.71. The third-order valence-electron chi connectivity index (χ3n) is 4.71. The molecule has 1 rings (SSSR count). The van der Waals surface area contributed by atoms with Gasteiger partial charge < -0.3 is 5.11 Å². The minimum atomic E-state index is -1.62. The van der Waals surface area contributed by atoms with Gasteiger partial charge in [-0.25, -0.2) is 0 Å². The Morgan fingerprint density at radius 3 is 1.83 bits per heavy atom. The standard InChI is InChI=1S/C19H36O4/c1-3-5-7-8-9-10-11-12-14-16-18(20)17(15-13-6-4-2)19(21)22-23-19/h17,21H,3-16H2,1-2H3. The second-order valence-corrected chi connectivity index (χ2v) is 6.89. The molecule has 1 aliphatic rings. The number of ketones is 1. The first kappa shape index (κ1) is 20.6. The molecule has 1 unspecified atom stereocenters. The molecule has 136 valence electrons. The van der Waals surface area contributed by atoms with Gasteiger partial charge in [0.1, 0.15) is 11.7 Å². The monoisotopic (exact) mass is 328 g/mol. The molecule has 0 spiro atoms. The predicted octanol–water partition coefficient (Wildman–Crippen LogP) is 5.28. The molecule has 4 nitrogen and oxygen atoms in total. The molecule has 1 saturated heterocycles. The summed E-state index contributed by atoms with van der Waals surface area (Å²) in [5.41, 5.74) is 0. The van der Waals surface area contributed by atoms with Crippen LogP contribution in [0.5, 0.6) is 0 Å². The van der Waals surface area contributed by atoms with Crippen LogP contribution in [0, 0.1) is 5.92 Å². The van der Waals surface area contributed by atoms with E-state index in [4.69, 9.17) is 0 Å². The van der Waals surface area contributed by atoms with Gasteiger partial charge in [0.15, 0.2) is 0 Å². The third kappa shape index (κ3) is 8.83. The second-order valence-electron chi connectivity index (χ2n) is 6.89. The molecule has 1 N–H and O–H groups in total. The smallest absolute Gasteiger partial charge is 0.339 e. The Bertz CT molecular complexity index is 312. The Morgan fingerprint density at radius 2 is 1.30 bits per heavy atom. The van der Waals surface area contributed by atoms with E-state index in [0.29, 0.717) is 12.8 Å². The molecule has 0 amide bonds. The summed E-state index contributed by atoms with van der Waals surface area (Å²) in [6.45, 7) is 4.36. The van der Waals surface area contributed by atoms with Crippen LogP contribution in [0.25, 0.3) is 0 Å². The fourth-order valence-corrected chi connectivity index (χ4v) is 3.09. The number of unbranched alkanes of at least 4 members (excludes halogenated alkanes) is 10. The average Bonchev–Trinajstić information content (AvgIpc) is 3.28. The maximum atomic E-state index is 12.3. The van der Waals surface area contributed by atoms with E-state index in [1.165, 1.54) is 44.9 Å². The van der Waals surface area contributed by atoms with E-state index in [0.717, 1.165) is 32.1 Å². The average molecular weight is 328 g/mol. The lowest BCUT2D eigenvalue weighted by Crippen LogP contribution is -2.31. The summed E-state index contributed by atoms with van der Waals surface area (Å²) in [6.07, 6.45) is 15.4. The lowest BCUT2D eigenvalue weighted by atomic mass is 9.91. The summed E-state index contributed by atoms with van der Waals surface area (Å²) in [5, 5.41) is 9.94. The summed E-state index contributed by atoms with van der Waals surface area (Å²) in [6, 6.07) is 0. The van der Waals surface area contributed by atoms with Crippen molar-refractivity contribution in [2.75, 3.05) is 0 Å². The SMILES string of the molecule is CCCCCCCCCCCC(=O)C(CCCCC)C1(O)OO1. The van der Waals surface area contributed by atoms with Gasteiger partial charge in [-0.1, -0.05) is 84.5 Å². The minimum absolute atomic E-state index is 0.0871. The lowest BCUT2D eigenvalue weighted by molar-refractivity contribution is -0.134. The van der Waals surface area contributed by atoms with Gasteiger partial charge in [0.05, 0.1) is 0 Å². The van der Waals surface area contributed by atoms with E-state index in [1.54, 1.807) is 0 Å². The number of aliphatic hydroxyl groups is 1. The Morgan fingerprint density at radius 1 is 0.826 bits per heavy atom.